The molecule has 1 aromatic carbocycles. The van der Waals surface area contributed by atoms with Gasteiger partial charge in [-0.1, -0.05) is 6.07 Å². The van der Waals surface area contributed by atoms with Gasteiger partial charge in [-0.15, -0.1) is 0 Å². The average Bonchev–Trinajstić information content (AvgIpc) is 3.15. The number of rotatable bonds is 5. The van der Waals surface area contributed by atoms with Gasteiger partial charge < -0.3 is 15.1 Å². The van der Waals surface area contributed by atoms with Crippen molar-refractivity contribution in [2.24, 2.45) is 11.8 Å². The van der Waals surface area contributed by atoms with Crippen LogP contribution >= 0.6 is 0 Å². The highest BCUT2D eigenvalue weighted by atomic mass is 16.2. The van der Waals surface area contributed by atoms with E-state index >= 15 is 0 Å². The number of hydrogen-bond donors (Lipinski definition) is 1. The van der Waals surface area contributed by atoms with Crippen molar-refractivity contribution in [3.05, 3.63) is 29.8 Å². The Labute approximate surface area is 149 Å². The SMILES string of the molecule is O=C(NCC1CCN(C(=O)c2cccc(N3CCCC3)c2)C1)C1CC1. The van der Waals surface area contributed by atoms with E-state index in [9.17, 15) is 9.59 Å². The molecular weight excluding hydrogens is 314 g/mol. The molecule has 2 amide bonds. The molecule has 0 radical (unpaired) electrons. The lowest BCUT2D eigenvalue weighted by Gasteiger charge is -2.20. The van der Waals surface area contributed by atoms with Crippen LogP contribution in [0.2, 0.25) is 0 Å². The number of benzene rings is 1. The molecular formula is C20H27N3O2. The zero-order valence-electron chi connectivity index (χ0n) is 14.7. The van der Waals surface area contributed by atoms with Gasteiger partial charge in [0, 0.05) is 49.9 Å². The molecule has 0 spiro atoms. The molecule has 3 aliphatic rings. The van der Waals surface area contributed by atoms with Crippen LogP contribution < -0.4 is 10.2 Å². The molecule has 3 fully saturated rings. The molecule has 25 heavy (non-hydrogen) atoms. The normalized spacial score (nSPS) is 23.1. The van der Waals surface area contributed by atoms with Gasteiger partial charge in [0.1, 0.15) is 0 Å². The van der Waals surface area contributed by atoms with E-state index in [1.54, 1.807) is 0 Å². The molecule has 1 atom stereocenters. The molecule has 5 heteroatoms. The van der Waals surface area contributed by atoms with Crippen LogP contribution in [0.15, 0.2) is 24.3 Å². The minimum atomic E-state index is 0.122. The Hall–Kier alpha value is -2.04. The van der Waals surface area contributed by atoms with Gasteiger partial charge in [0.2, 0.25) is 5.91 Å². The first kappa shape index (κ1) is 16.4. The van der Waals surface area contributed by atoms with Crippen molar-refractivity contribution in [2.75, 3.05) is 37.6 Å². The largest absolute Gasteiger partial charge is 0.372 e. The second-order valence-corrected chi connectivity index (χ2v) is 7.67. The van der Waals surface area contributed by atoms with Crippen LogP contribution in [-0.4, -0.2) is 49.4 Å². The van der Waals surface area contributed by atoms with Gasteiger partial charge in [0.15, 0.2) is 0 Å². The first-order valence-corrected chi connectivity index (χ1v) is 9.63. The molecule has 1 aromatic rings. The van der Waals surface area contributed by atoms with Crippen LogP contribution in [-0.2, 0) is 4.79 Å². The maximum absolute atomic E-state index is 12.8. The zero-order valence-corrected chi connectivity index (χ0v) is 14.7. The van der Waals surface area contributed by atoms with Crippen molar-refractivity contribution >= 4 is 17.5 Å². The molecule has 0 bridgehead atoms. The maximum Gasteiger partial charge on any atom is 0.253 e. The Balaban J connectivity index is 1.33. The summed E-state index contributed by atoms with van der Waals surface area (Å²) in [5, 5.41) is 3.05. The fraction of sp³-hybridized carbons (Fsp3) is 0.600. The van der Waals surface area contributed by atoms with Gasteiger partial charge >= 0.3 is 0 Å². The van der Waals surface area contributed by atoms with E-state index in [-0.39, 0.29) is 17.7 Å². The Bertz CT molecular complexity index is 650. The minimum absolute atomic E-state index is 0.122. The summed E-state index contributed by atoms with van der Waals surface area (Å²) in [5.41, 5.74) is 1.95. The number of carbonyl (C=O) groups excluding carboxylic acids is 2. The summed E-state index contributed by atoms with van der Waals surface area (Å²) >= 11 is 0. The summed E-state index contributed by atoms with van der Waals surface area (Å²) < 4.78 is 0. The molecule has 1 aliphatic carbocycles. The summed E-state index contributed by atoms with van der Waals surface area (Å²) in [5.74, 6) is 0.959. The zero-order chi connectivity index (χ0) is 17.2. The average molecular weight is 341 g/mol. The molecule has 5 nitrogen and oxygen atoms in total. The van der Waals surface area contributed by atoms with Gasteiger partial charge in [-0.05, 0) is 56.2 Å². The van der Waals surface area contributed by atoms with Gasteiger partial charge in [-0.25, -0.2) is 0 Å². The van der Waals surface area contributed by atoms with Crippen molar-refractivity contribution in [1.82, 2.24) is 10.2 Å². The lowest BCUT2D eigenvalue weighted by atomic mass is 10.1. The second kappa shape index (κ2) is 7.06. The smallest absolute Gasteiger partial charge is 0.253 e. The van der Waals surface area contributed by atoms with Crippen LogP contribution in [0.5, 0.6) is 0 Å². The quantitative estimate of drug-likeness (QED) is 0.894. The van der Waals surface area contributed by atoms with E-state index in [2.05, 4.69) is 16.3 Å². The summed E-state index contributed by atoms with van der Waals surface area (Å²) in [6, 6.07) is 8.05. The van der Waals surface area contributed by atoms with Gasteiger partial charge in [0.25, 0.3) is 5.91 Å². The summed E-state index contributed by atoms with van der Waals surface area (Å²) in [6.45, 7) is 4.41. The third-order valence-electron chi connectivity index (χ3n) is 5.65. The standard InChI is InChI=1S/C20H27N3O2/c24-19(16-6-7-16)21-13-15-8-11-23(14-15)20(25)17-4-3-5-18(12-17)22-9-1-2-10-22/h3-5,12,15-16H,1-2,6-11,13-14H2,(H,21,24). The van der Waals surface area contributed by atoms with Crippen LogP contribution in [0.25, 0.3) is 0 Å². The number of nitrogens with zero attached hydrogens (tertiary/aromatic N) is 2. The van der Waals surface area contributed by atoms with Crippen molar-refractivity contribution in [3.8, 4) is 0 Å². The van der Waals surface area contributed by atoms with Crippen LogP contribution in [0.3, 0.4) is 0 Å². The van der Waals surface area contributed by atoms with E-state index in [4.69, 9.17) is 0 Å². The first-order valence-electron chi connectivity index (χ1n) is 9.63. The number of hydrogen-bond acceptors (Lipinski definition) is 3. The topological polar surface area (TPSA) is 52.7 Å². The molecule has 0 aromatic heterocycles. The third-order valence-corrected chi connectivity index (χ3v) is 5.65. The Morgan fingerprint density at radius 1 is 1.08 bits per heavy atom. The molecule has 2 heterocycles. The Morgan fingerprint density at radius 3 is 2.64 bits per heavy atom. The molecule has 4 rings (SSSR count). The summed E-state index contributed by atoms with van der Waals surface area (Å²) in [4.78, 5) is 28.9. The van der Waals surface area contributed by atoms with Crippen molar-refractivity contribution in [3.63, 3.8) is 0 Å². The fourth-order valence-corrected chi connectivity index (χ4v) is 3.91. The van der Waals surface area contributed by atoms with E-state index in [1.165, 1.54) is 12.8 Å². The second-order valence-electron chi connectivity index (χ2n) is 7.67. The van der Waals surface area contributed by atoms with Crippen molar-refractivity contribution < 1.29 is 9.59 Å². The molecule has 1 N–H and O–H groups in total. The van der Waals surface area contributed by atoms with E-state index < -0.39 is 0 Å². The van der Waals surface area contributed by atoms with Crippen molar-refractivity contribution in [1.29, 1.82) is 0 Å². The highest BCUT2D eigenvalue weighted by molar-refractivity contribution is 5.95. The molecule has 134 valence electrons. The number of carbonyl (C=O) groups is 2. The number of amides is 2. The van der Waals surface area contributed by atoms with E-state index in [0.717, 1.165) is 56.7 Å². The van der Waals surface area contributed by atoms with Gasteiger partial charge in [-0.2, -0.15) is 0 Å². The monoisotopic (exact) mass is 341 g/mol. The lowest BCUT2D eigenvalue weighted by Crippen LogP contribution is -2.33. The van der Waals surface area contributed by atoms with Crippen molar-refractivity contribution in [2.45, 2.75) is 32.1 Å². The number of likely N-dealkylation sites (tertiary alicyclic amines) is 1. The molecule has 1 unspecified atom stereocenters. The lowest BCUT2D eigenvalue weighted by molar-refractivity contribution is -0.122. The molecule has 2 saturated heterocycles. The van der Waals surface area contributed by atoms with Gasteiger partial charge in [0.05, 0.1) is 0 Å². The molecule has 1 saturated carbocycles. The highest BCUT2D eigenvalue weighted by Crippen LogP contribution is 2.29. The fourth-order valence-electron chi connectivity index (χ4n) is 3.91. The van der Waals surface area contributed by atoms with Crippen LogP contribution in [0.4, 0.5) is 5.69 Å². The van der Waals surface area contributed by atoms with Crippen LogP contribution in [0.1, 0.15) is 42.5 Å². The maximum atomic E-state index is 12.8. The van der Waals surface area contributed by atoms with E-state index in [1.807, 2.05) is 23.1 Å². The Morgan fingerprint density at radius 2 is 1.88 bits per heavy atom. The highest BCUT2D eigenvalue weighted by Gasteiger charge is 2.31. The predicted molar refractivity (Wildman–Crippen MR) is 97.6 cm³/mol. The van der Waals surface area contributed by atoms with E-state index in [0.29, 0.717) is 12.5 Å². The van der Waals surface area contributed by atoms with Gasteiger partial charge in [-0.3, -0.25) is 9.59 Å². The number of anilines is 1. The molecule has 2 aliphatic heterocycles. The summed E-state index contributed by atoms with van der Waals surface area (Å²) in [7, 11) is 0. The first-order chi connectivity index (χ1) is 12.2. The predicted octanol–water partition coefficient (Wildman–Crippen LogP) is 2.28. The Kier molecular flexibility index (Phi) is 4.64. The van der Waals surface area contributed by atoms with Crippen LogP contribution in [0, 0.1) is 11.8 Å². The summed E-state index contributed by atoms with van der Waals surface area (Å²) in [6.07, 6.45) is 5.52. The minimum Gasteiger partial charge on any atom is -0.372 e. The third kappa shape index (κ3) is 3.80. The number of nitrogens with one attached hydrogen (secondary N) is 1.